The van der Waals surface area contributed by atoms with Crippen molar-refractivity contribution in [3.05, 3.63) is 35.5 Å². The Kier molecular flexibility index (Phi) is 4.67. The van der Waals surface area contributed by atoms with E-state index in [9.17, 15) is 0 Å². The molecule has 1 atom stereocenters. The Morgan fingerprint density at radius 1 is 1.33 bits per heavy atom. The van der Waals surface area contributed by atoms with Crippen LogP contribution in [0.25, 0.3) is 10.9 Å². The molecule has 0 saturated heterocycles. The van der Waals surface area contributed by atoms with Gasteiger partial charge in [0.2, 0.25) is 0 Å². The lowest BCUT2D eigenvalue weighted by Crippen LogP contribution is -2.29. The van der Waals surface area contributed by atoms with Crippen LogP contribution in [0, 0.1) is 0 Å². The highest BCUT2D eigenvalue weighted by atomic mass is 35.5. The largest absolute Gasteiger partial charge is 0.346 e. The van der Waals surface area contributed by atoms with E-state index in [1.54, 1.807) is 0 Å². The van der Waals surface area contributed by atoms with Crippen LogP contribution in [0.15, 0.2) is 30.5 Å². The topological polar surface area (TPSA) is 17.0 Å². The summed E-state index contributed by atoms with van der Waals surface area (Å²) in [5.74, 6) is 0. The van der Waals surface area contributed by atoms with Gasteiger partial charge in [-0.2, -0.15) is 0 Å². The summed E-state index contributed by atoms with van der Waals surface area (Å²) in [7, 11) is 0. The summed E-state index contributed by atoms with van der Waals surface area (Å²) in [5, 5.41) is 5.52. The van der Waals surface area contributed by atoms with Crippen LogP contribution in [0.3, 0.4) is 0 Å². The Morgan fingerprint density at radius 3 is 2.94 bits per heavy atom. The number of halogens is 1. The van der Waals surface area contributed by atoms with Crippen molar-refractivity contribution in [3.8, 4) is 0 Å². The first-order valence-electron chi connectivity index (χ1n) is 6.69. The number of hydrogen-bond acceptors (Lipinski definition) is 1. The van der Waals surface area contributed by atoms with Gasteiger partial charge in [-0.1, -0.05) is 31.0 Å². The molecule has 2 aromatic rings. The van der Waals surface area contributed by atoms with Crippen molar-refractivity contribution in [2.24, 2.45) is 0 Å². The SMILES string of the molecule is CCCC(C)NCCn1ccc2c(Cl)cccc21. The van der Waals surface area contributed by atoms with Crippen molar-refractivity contribution in [3.63, 3.8) is 0 Å². The predicted molar refractivity (Wildman–Crippen MR) is 79.3 cm³/mol. The minimum Gasteiger partial charge on any atom is -0.346 e. The van der Waals surface area contributed by atoms with E-state index < -0.39 is 0 Å². The Morgan fingerprint density at radius 2 is 2.17 bits per heavy atom. The molecular weight excluding hydrogens is 244 g/mol. The number of rotatable bonds is 6. The van der Waals surface area contributed by atoms with E-state index in [2.05, 4.69) is 42.1 Å². The number of fused-ring (bicyclic) bond motifs is 1. The number of hydrogen-bond donors (Lipinski definition) is 1. The van der Waals surface area contributed by atoms with E-state index in [-0.39, 0.29) is 0 Å². The first kappa shape index (κ1) is 13.4. The van der Waals surface area contributed by atoms with Crippen LogP contribution < -0.4 is 5.32 Å². The standard InChI is InChI=1S/C15H21ClN2/c1-3-5-12(2)17-9-11-18-10-8-13-14(16)6-4-7-15(13)18/h4,6-8,10,12,17H,3,5,9,11H2,1-2H3. The zero-order chi connectivity index (χ0) is 13.0. The van der Waals surface area contributed by atoms with Gasteiger partial charge in [0.15, 0.2) is 0 Å². The second-order valence-corrected chi connectivity index (χ2v) is 5.23. The number of aromatic nitrogens is 1. The van der Waals surface area contributed by atoms with Gasteiger partial charge in [-0.05, 0) is 31.5 Å². The molecule has 0 radical (unpaired) electrons. The van der Waals surface area contributed by atoms with Gasteiger partial charge < -0.3 is 9.88 Å². The fourth-order valence-corrected chi connectivity index (χ4v) is 2.58. The monoisotopic (exact) mass is 264 g/mol. The number of nitrogens with zero attached hydrogens (tertiary/aromatic N) is 1. The predicted octanol–water partition coefficient (Wildman–Crippen LogP) is 4.07. The highest BCUT2D eigenvalue weighted by Gasteiger charge is 2.04. The van der Waals surface area contributed by atoms with Crippen LogP contribution in [0.1, 0.15) is 26.7 Å². The molecule has 1 heterocycles. The van der Waals surface area contributed by atoms with E-state index in [1.807, 2.05) is 12.1 Å². The van der Waals surface area contributed by atoms with Crippen LogP contribution in [0.5, 0.6) is 0 Å². The third-order valence-corrected chi connectivity index (χ3v) is 3.66. The lowest BCUT2D eigenvalue weighted by Gasteiger charge is -2.13. The molecule has 1 aromatic carbocycles. The van der Waals surface area contributed by atoms with Gasteiger partial charge in [0.05, 0.1) is 0 Å². The molecule has 1 N–H and O–H groups in total. The fraction of sp³-hybridized carbons (Fsp3) is 0.467. The van der Waals surface area contributed by atoms with Crippen LogP contribution in [0.4, 0.5) is 0 Å². The Labute approximate surface area is 114 Å². The molecule has 2 rings (SSSR count). The highest BCUT2D eigenvalue weighted by molar-refractivity contribution is 6.35. The quantitative estimate of drug-likeness (QED) is 0.832. The average Bonchev–Trinajstić information content (AvgIpc) is 2.75. The molecular formula is C15H21ClN2. The summed E-state index contributed by atoms with van der Waals surface area (Å²) in [6.07, 6.45) is 4.58. The summed E-state index contributed by atoms with van der Waals surface area (Å²) in [6.45, 7) is 6.45. The maximum absolute atomic E-state index is 6.17. The van der Waals surface area contributed by atoms with E-state index in [0.29, 0.717) is 6.04 Å². The van der Waals surface area contributed by atoms with Crippen LogP contribution in [-0.4, -0.2) is 17.2 Å². The molecule has 0 aliphatic heterocycles. The van der Waals surface area contributed by atoms with Gasteiger partial charge >= 0.3 is 0 Å². The smallest absolute Gasteiger partial charge is 0.0499 e. The molecule has 1 unspecified atom stereocenters. The number of nitrogens with one attached hydrogen (secondary N) is 1. The van der Waals surface area contributed by atoms with Crippen molar-refractivity contribution < 1.29 is 0 Å². The van der Waals surface area contributed by atoms with Crippen molar-refractivity contribution in [1.82, 2.24) is 9.88 Å². The van der Waals surface area contributed by atoms with Crippen LogP contribution >= 0.6 is 11.6 Å². The summed E-state index contributed by atoms with van der Waals surface area (Å²) in [5.41, 5.74) is 1.22. The molecule has 98 valence electrons. The fourth-order valence-electron chi connectivity index (χ4n) is 2.35. The molecule has 3 heteroatoms. The highest BCUT2D eigenvalue weighted by Crippen LogP contribution is 2.23. The third kappa shape index (κ3) is 3.06. The second-order valence-electron chi connectivity index (χ2n) is 4.83. The first-order chi connectivity index (χ1) is 8.72. The second kappa shape index (κ2) is 6.26. The average molecular weight is 265 g/mol. The Hall–Kier alpha value is -0.990. The zero-order valence-corrected chi connectivity index (χ0v) is 11.9. The summed E-state index contributed by atoms with van der Waals surface area (Å²) >= 11 is 6.17. The first-order valence-corrected chi connectivity index (χ1v) is 7.07. The molecule has 0 fully saturated rings. The van der Waals surface area contributed by atoms with Gasteiger partial charge in [0.1, 0.15) is 0 Å². The molecule has 0 saturated carbocycles. The molecule has 0 amide bonds. The van der Waals surface area contributed by atoms with Crippen molar-refractivity contribution >= 4 is 22.5 Å². The lowest BCUT2D eigenvalue weighted by molar-refractivity contribution is 0.489. The van der Waals surface area contributed by atoms with Crippen LogP contribution in [0.2, 0.25) is 5.02 Å². The van der Waals surface area contributed by atoms with E-state index in [1.165, 1.54) is 18.4 Å². The molecule has 0 aliphatic carbocycles. The van der Waals surface area contributed by atoms with Crippen molar-refractivity contribution in [2.45, 2.75) is 39.3 Å². The van der Waals surface area contributed by atoms with Gasteiger partial charge in [-0.25, -0.2) is 0 Å². The van der Waals surface area contributed by atoms with Crippen LogP contribution in [-0.2, 0) is 6.54 Å². The zero-order valence-electron chi connectivity index (χ0n) is 11.1. The molecule has 1 aromatic heterocycles. The maximum atomic E-state index is 6.17. The van der Waals surface area contributed by atoms with Gasteiger partial charge in [0.25, 0.3) is 0 Å². The molecule has 0 spiro atoms. The molecule has 0 bridgehead atoms. The van der Waals surface area contributed by atoms with Crippen molar-refractivity contribution in [2.75, 3.05) is 6.54 Å². The summed E-state index contributed by atoms with van der Waals surface area (Å²) in [6, 6.07) is 8.76. The molecule has 0 aliphatic rings. The number of benzene rings is 1. The van der Waals surface area contributed by atoms with Gasteiger partial charge in [0, 0.05) is 41.3 Å². The summed E-state index contributed by atoms with van der Waals surface area (Å²) in [4.78, 5) is 0. The molecule has 18 heavy (non-hydrogen) atoms. The maximum Gasteiger partial charge on any atom is 0.0499 e. The van der Waals surface area contributed by atoms with E-state index in [0.717, 1.165) is 23.5 Å². The molecule has 2 nitrogen and oxygen atoms in total. The Bertz CT molecular complexity index is 504. The summed E-state index contributed by atoms with van der Waals surface area (Å²) < 4.78 is 2.26. The van der Waals surface area contributed by atoms with E-state index >= 15 is 0 Å². The lowest BCUT2D eigenvalue weighted by atomic mass is 10.2. The minimum atomic E-state index is 0.598. The normalized spacial score (nSPS) is 13.1. The van der Waals surface area contributed by atoms with Crippen molar-refractivity contribution in [1.29, 1.82) is 0 Å². The van der Waals surface area contributed by atoms with Gasteiger partial charge in [-0.15, -0.1) is 0 Å². The minimum absolute atomic E-state index is 0.598. The Balaban J connectivity index is 1.98. The third-order valence-electron chi connectivity index (χ3n) is 3.33. The van der Waals surface area contributed by atoms with E-state index in [4.69, 9.17) is 11.6 Å². The van der Waals surface area contributed by atoms with Gasteiger partial charge in [-0.3, -0.25) is 0 Å².